The van der Waals surface area contributed by atoms with Crippen LogP contribution in [0.4, 0.5) is 5.69 Å². The van der Waals surface area contributed by atoms with E-state index in [-0.39, 0.29) is 5.41 Å². The van der Waals surface area contributed by atoms with Crippen molar-refractivity contribution in [2.75, 3.05) is 0 Å². The van der Waals surface area contributed by atoms with Crippen molar-refractivity contribution in [2.24, 2.45) is 0 Å². The van der Waals surface area contributed by atoms with Crippen LogP contribution in [0, 0.1) is 6.57 Å². The molecule has 1 heterocycles. The van der Waals surface area contributed by atoms with Crippen LogP contribution in [-0.4, -0.2) is 9.97 Å². The summed E-state index contributed by atoms with van der Waals surface area (Å²) in [6.45, 7) is 12.5. The van der Waals surface area contributed by atoms with Crippen LogP contribution in [0.3, 0.4) is 0 Å². The molecule has 0 saturated carbocycles. The Kier molecular flexibility index (Phi) is 6.18. The number of rotatable bonds is 4. The van der Waals surface area contributed by atoms with E-state index >= 15 is 0 Å². The molecule has 0 saturated heterocycles. The molecule has 1 aliphatic rings. The molecular weight excluding hydrogens is 546 g/mol. The Morgan fingerprint density at radius 3 is 1.96 bits per heavy atom. The van der Waals surface area contributed by atoms with Gasteiger partial charge in [0.05, 0.1) is 18.0 Å². The highest BCUT2D eigenvalue weighted by atomic mass is 14.9. The van der Waals surface area contributed by atoms with Crippen molar-refractivity contribution in [1.29, 1.82) is 0 Å². The lowest BCUT2D eigenvalue weighted by Gasteiger charge is -2.22. The molecule has 0 N–H and O–H groups in total. The van der Waals surface area contributed by atoms with Crippen LogP contribution in [0.5, 0.6) is 0 Å². The summed E-state index contributed by atoms with van der Waals surface area (Å²) in [5.74, 6) is 0.687. The summed E-state index contributed by atoms with van der Waals surface area (Å²) < 4.78 is 0. The fourth-order valence-corrected chi connectivity index (χ4v) is 6.87. The van der Waals surface area contributed by atoms with Gasteiger partial charge in [-0.25, -0.2) is 14.8 Å². The maximum atomic E-state index is 8.00. The van der Waals surface area contributed by atoms with Gasteiger partial charge < -0.3 is 0 Å². The lowest BCUT2D eigenvalue weighted by molar-refractivity contribution is 0.660. The van der Waals surface area contributed by atoms with Gasteiger partial charge >= 0.3 is 0 Å². The summed E-state index contributed by atoms with van der Waals surface area (Å²) in [6, 6.07) is 48.3. The van der Waals surface area contributed by atoms with E-state index in [0.717, 1.165) is 55.7 Å². The molecule has 0 radical (unpaired) electrons. The zero-order chi connectivity index (χ0) is 30.5. The lowest BCUT2D eigenvalue weighted by Crippen LogP contribution is -2.14. The van der Waals surface area contributed by atoms with Crippen molar-refractivity contribution in [3.63, 3.8) is 0 Å². The van der Waals surface area contributed by atoms with Crippen LogP contribution < -0.4 is 0 Å². The lowest BCUT2D eigenvalue weighted by atomic mass is 9.81. The zero-order valence-corrected chi connectivity index (χ0v) is 25.1. The molecule has 0 aliphatic heterocycles. The molecule has 3 heteroatoms. The number of aromatic nitrogens is 2. The third-order valence-electron chi connectivity index (χ3n) is 9.12. The molecule has 8 rings (SSSR count). The van der Waals surface area contributed by atoms with Crippen LogP contribution >= 0.6 is 0 Å². The molecule has 3 nitrogen and oxygen atoms in total. The van der Waals surface area contributed by atoms with E-state index in [0.29, 0.717) is 11.5 Å². The maximum absolute atomic E-state index is 8.00. The van der Waals surface area contributed by atoms with Crippen molar-refractivity contribution in [3.8, 4) is 56.2 Å². The molecule has 0 amide bonds. The van der Waals surface area contributed by atoms with Gasteiger partial charge in [0.15, 0.2) is 11.5 Å². The highest BCUT2D eigenvalue weighted by molar-refractivity contribution is 6.01. The smallest absolute Gasteiger partial charge is 0.195 e. The second-order valence-corrected chi connectivity index (χ2v) is 12.1. The van der Waals surface area contributed by atoms with Crippen LogP contribution in [0.15, 0.2) is 140 Å². The Labute approximate surface area is 263 Å². The average molecular weight is 576 g/mol. The van der Waals surface area contributed by atoms with E-state index in [1.165, 1.54) is 16.5 Å². The predicted octanol–water partition coefficient (Wildman–Crippen LogP) is 11.2. The molecule has 0 atom stereocenters. The molecule has 45 heavy (non-hydrogen) atoms. The Morgan fingerprint density at radius 2 is 1.16 bits per heavy atom. The van der Waals surface area contributed by atoms with Crippen LogP contribution in [0.2, 0.25) is 0 Å². The summed E-state index contributed by atoms with van der Waals surface area (Å²) in [6.07, 6.45) is 0. The van der Waals surface area contributed by atoms with Crippen molar-refractivity contribution < 1.29 is 0 Å². The third kappa shape index (κ3) is 4.34. The molecule has 7 aromatic rings. The first-order valence-corrected chi connectivity index (χ1v) is 15.2. The number of hydrogen-bond donors (Lipinski definition) is 0. The highest BCUT2D eigenvalue weighted by Crippen LogP contribution is 2.55. The SMILES string of the molecule is [C-]#[N+]c1cccc2c1-c1c(-c3ccccc3-c3cc(-c4ccccc4)nc(-c4ccc5ccccc5c4)n3)cccc1C2(C)C. The largest absolute Gasteiger partial charge is 0.238 e. The van der Waals surface area contributed by atoms with E-state index in [9.17, 15) is 0 Å². The predicted molar refractivity (Wildman–Crippen MR) is 185 cm³/mol. The molecular formula is C42H29N3. The Hall–Kier alpha value is -5.85. The van der Waals surface area contributed by atoms with Crippen LogP contribution in [-0.2, 0) is 5.41 Å². The molecule has 212 valence electrons. The summed E-state index contributed by atoms with van der Waals surface area (Å²) >= 11 is 0. The molecule has 0 spiro atoms. The minimum atomic E-state index is -0.213. The van der Waals surface area contributed by atoms with E-state index in [1.807, 2.05) is 30.3 Å². The van der Waals surface area contributed by atoms with Gasteiger partial charge in [-0.3, -0.25) is 0 Å². The highest BCUT2D eigenvalue weighted by Gasteiger charge is 2.38. The monoisotopic (exact) mass is 575 g/mol. The first-order valence-electron chi connectivity index (χ1n) is 15.2. The van der Waals surface area contributed by atoms with Crippen molar-refractivity contribution in [1.82, 2.24) is 9.97 Å². The van der Waals surface area contributed by atoms with Gasteiger partial charge in [-0.15, -0.1) is 0 Å². The fourth-order valence-electron chi connectivity index (χ4n) is 6.87. The van der Waals surface area contributed by atoms with Crippen molar-refractivity contribution >= 4 is 16.5 Å². The molecule has 0 unspecified atom stereocenters. The third-order valence-corrected chi connectivity index (χ3v) is 9.12. The Bertz CT molecular complexity index is 2310. The number of benzene rings is 6. The van der Waals surface area contributed by atoms with Gasteiger partial charge in [-0.1, -0.05) is 141 Å². The zero-order valence-electron chi connectivity index (χ0n) is 25.1. The van der Waals surface area contributed by atoms with Crippen LogP contribution in [0.25, 0.3) is 71.8 Å². The molecule has 0 fully saturated rings. The first-order chi connectivity index (χ1) is 22.0. The van der Waals surface area contributed by atoms with Gasteiger partial charge in [0.25, 0.3) is 0 Å². The second-order valence-electron chi connectivity index (χ2n) is 12.1. The molecule has 6 aromatic carbocycles. The quantitative estimate of drug-likeness (QED) is 0.195. The number of hydrogen-bond acceptors (Lipinski definition) is 2. The van der Waals surface area contributed by atoms with E-state index in [1.54, 1.807) is 0 Å². The van der Waals surface area contributed by atoms with E-state index in [4.69, 9.17) is 16.5 Å². The topological polar surface area (TPSA) is 30.1 Å². The molecule has 1 aromatic heterocycles. The minimum Gasteiger partial charge on any atom is -0.238 e. The summed E-state index contributed by atoms with van der Waals surface area (Å²) in [5.41, 5.74) is 12.1. The van der Waals surface area contributed by atoms with Crippen LogP contribution in [0.1, 0.15) is 25.0 Å². The molecule has 0 bridgehead atoms. The minimum absolute atomic E-state index is 0.213. The van der Waals surface area contributed by atoms with Gasteiger partial charge in [-0.2, -0.15) is 0 Å². The summed E-state index contributed by atoms with van der Waals surface area (Å²) in [5, 5.41) is 2.34. The fraction of sp³-hybridized carbons (Fsp3) is 0.0714. The van der Waals surface area contributed by atoms with Gasteiger partial charge in [-0.05, 0) is 56.3 Å². The van der Waals surface area contributed by atoms with E-state index < -0.39 is 0 Å². The van der Waals surface area contributed by atoms with Crippen molar-refractivity contribution in [3.05, 3.63) is 162 Å². The average Bonchev–Trinajstić information content (AvgIpc) is 3.34. The standard InChI is InChI=1S/C42H29N3/c1-42(2)34-20-11-19-33(39(34)40-35(42)21-12-22-36(40)43-3)31-17-9-10-18-32(31)38-26-37(28-14-5-4-6-15-28)44-41(45-38)30-24-23-27-13-7-8-16-29(27)25-30/h4-26H,1-2H3. The van der Waals surface area contributed by atoms with Crippen molar-refractivity contribution in [2.45, 2.75) is 19.3 Å². The normalized spacial score (nSPS) is 12.8. The Morgan fingerprint density at radius 1 is 0.511 bits per heavy atom. The summed E-state index contributed by atoms with van der Waals surface area (Å²) in [4.78, 5) is 14.3. The molecule has 1 aliphatic carbocycles. The van der Waals surface area contributed by atoms with E-state index in [2.05, 4.69) is 128 Å². The second kappa shape index (κ2) is 10.4. The summed E-state index contributed by atoms with van der Waals surface area (Å²) in [7, 11) is 0. The maximum Gasteiger partial charge on any atom is 0.195 e. The van der Waals surface area contributed by atoms with Gasteiger partial charge in [0, 0.05) is 22.1 Å². The number of nitrogens with zero attached hydrogens (tertiary/aromatic N) is 3. The van der Waals surface area contributed by atoms with Gasteiger partial charge in [0.2, 0.25) is 0 Å². The first kappa shape index (κ1) is 26.8. The van der Waals surface area contributed by atoms with Gasteiger partial charge in [0.1, 0.15) is 0 Å². The number of fused-ring (bicyclic) bond motifs is 4. The Balaban J connectivity index is 1.38.